The van der Waals surface area contributed by atoms with Crippen molar-refractivity contribution in [2.24, 2.45) is 11.3 Å². The van der Waals surface area contributed by atoms with Gasteiger partial charge in [-0.05, 0) is 54.7 Å². The number of thioether (sulfide) groups is 1. The fourth-order valence-corrected chi connectivity index (χ4v) is 5.32. The van der Waals surface area contributed by atoms with E-state index >= 15 is 0 Å². The van der Waals surface area contributed by atoms with Crippen LogP contribution >= 0.6 is 11.8 Å². The van der Waals surface area contributed by atoms with Crippen LogP contribution in [0.15, 0.2) is 47.4 Å². The lowest BCUT2D eigenvalue weighted by molar-refractivity contribution is -0.181. The maximum atomic E-state index is 12.8. The first-order chi connectivity index (χ1) is 16.8. The van der Waals surface area contributed by atoms with Crippen molar-refractivity contribution in [3.63, 3.8) is 0 Å². The van der Waals surface area contributed by atoms with Gasteiger partial charge < -0.3 is 24.8 Å². The van der Waals surface area contributed by atoms with Gasteiger partial charge >= 0.3 is 0 Å². The lowest BCUT2D eigenvalue weighted by atomic mass is 9.85. The van der Waals surface area contributed by atoms with Crippen molar-refractivity contribution in [1.82, 2.24) is 0 Å². The van der Waals surface area contributed by atoms with Crippen LogP contribution in [-0.4, -0.2) is 38.6 Å². The van der Waals surface area contributed by atoms with E-state index in [2.05, 4.69) is 41.0 Å². The summed E-state index contributed by atoms with van der Waals surface area (Å²) < 4.78 is 17.0. The fourth-order valence-electron chi connectivity index (χ4n) is 4.43. The Morgan fingerprint density at radius 1 is 1.06 bits per heavy atom. The van der Waals surface area contributed by atoms with Gasteiger partial charge in [-0.15, -0.1) is 11.8 Å². The molecule has 7 heteroatoms. The van der Waals surface area contributed by atoms with E-state index < -0.39 is 5.41 Å². The van der Waals surface area contributed by atoms with Crippen LogP contribution in [0.25, 0.3) is 0 Å². The predicted octanol–water partition coefficient (Wildman–Crippen LogP) is 6.32. The lowest BCUT2D eigenvalue weighted by Crippen LogP contribution is -2.36. The number of carbonyl (C=O) groups is 1. The molecule has 190 valence electrons. The standard InChI is InChI=1S/C28H38N2O4S/c1-27(2,3)26(31)30-25-17-23(35-19-21-5-7-22(32-4)8-6-21)9-10-24(25)29-18-20-11-13-28(14-12-20)33-15-16-34-28/h5-10,17,20,29H,11-16,18-19H2,1-4H3,(H,30,31). The highest BCUT2D eigenvalue weighted by atomic mass is 32.2. The molecule has 1 amide bonds. The number of hydrogen-bond acceptors (Lipinski definition) is 6. The summed E-state index contributed by atoms with van der Waals surface area (Å²) in [5.41, 5.74) is 2.55. The largest absolute Gasteiger partial charge is 0.497 e. The Bertz CT molecular complexity index is 987. The molecule has 0 unspecified atom stereocenters. The molecule has 2 N–H and O–H groups in total. The van der Waals surface area contributed by atoms with E-state index in [0.717, 1.165) is 60.0 Å². The van der Waals surface area contributed by atoms with Crippen LogP contribution in [0.2, 0.25) is 0 Å². The smallest absolute Gasteiger partial charge is 0.229 e. The maximum absolute atomic E-state index is 12.8. The lowest BCUT2D eigenvalue weighted by Gasteiger charge is -2.35. The molecule has 1 spiro atoms. The normalized spacial score (nSPS) is 17.9. The SMILES string of the molecule is COc1ccc(CSc2ccc(NCC3CCC4(CC3)OCCO4)c(NC(=O)C(C)(C)C)c2)cc1. The summed E-state index contributed by atoms with van der Waals surface area (Å²) in [4.78, 5) is 13.9. The molecule has 4 rings (SSSR count). The molecule has 2 aromatic carbocycles. The third-order valence-electron chi connectivity index (χ3n) is 6.75. The number of anilines is 2. The number of ether oxygens (including phenoxy) is 3. The van der Waals surface area contributed by atoms with Crippen LogP contribution in [0.4, 0.5) is 11.4 Å². The second-order valence-electron chi connectivity index (χ2n) is 10.5. The molecule has 1 heterocycles. The average molecular weight is 499 g/mol. The van der Waals surface area contributed by atoms with Crippen molar-refractivity contribution in [2.75, 3.05) is 37.5 Å². The van der Waals surface area contributed by atoms with Gasteiger partial charge in [0.2, 0.25) is 5.91 Å². The second kappa shape index (κ2) is 11.2. The third kappa shape index (κ3) is 6.93. The molecule has 1 saturated heterocycles. The molecule has 6 nitrogen and oxygen atoms in total. The van der Waals surface area contributed by atoms with Crippen LogP contribution in [-0.2, 0) is 20.0 Å². The van der Waals surface area contributed by atoms with Crippen molar-refractivity contribution < 1.29 is 19.0 Å². The first-order valence-corrected chi connectivity index (χ1v) is 13.5. The highest BCUT2D eigenvalue weighted by molar-refractivity contribution is 7.98. The highest BCUT2D eigenvalue weighted by Gasteiger charge is 2.40. The number of nitrogens with one attached hydrogen (secondary N) is 2. The minimum absolute atomic E-state index is 0.00740. The Labute approximate surface area is 213 Å². The van der Waals surface area contributed by atoms with Crippen molar-refractivity contribution in [2.45, 2.75) is 62.9 Å². The Balaban J connectivity index is 1.40. The van der Waals surface area contributed by atoms with Crippen molar-refractivity contribution in [1.29, 1.82) is 0 Å². The molecule has 1 saturated carbocycles. The van der Waals surface area contributed by atoms with Gasteiger partial charge in [-0.1, -0.05) is 32.9 Å². The minimum Gasteiger partial charge on any atom is -0.497 e. The van der Waals surface area contributed by atoms with Crippen molar-refractivity contribution in [3.05, 3.63) is 48.0 Å². The topological polar surface area (TPSA) is 68.8 Å². The van der Waals surface area contributed by atoms with Crippen molar-refractivity contribution in [3.8, 4) is 5.75 Å². The van der Waals surface area contributed by atoms with E-state index in [1.54, 1.807) is 18.9 Å². The molecule has 0 aromatic heterocycles. The number of carbonyl (C=O) groups excluding carboxylic acids is 1. The summed E-state index contributed by atoms with van der Waals surface area (Å²) in [5, 5.41) is 6.77. The van der Waals surface area contributed by atoms with Gasteiger partial charge in [0.05, 0.1) is 31.7 Å². The summed E-state index contributed by atoms with van der Waals surface area (Å²) in [7, 11) is 1.68. The number of rotatable bonds is 8. The number of amides is 1. The van der Waals surface area contributed by atoms with E-state index in [4.69, 9.17) is 14.2 Å². The van der Waals surface area contributed by atoms with Crippen LogP contribution in [0, 0.1) is 11.3 Å². The van der Waals surface area contributed by atoms with Crippen LogP contribution in [0.5, 0.6) is 5.75 Å². The Hall–Kier alpha value is -2.22. The zero-order valence-corrected chi connectivity index (χ0v) is 22.1. The molecule has 1 aliphatic heterocycles. The monoisotopic (exact) mass is 498 g/mol. The van der Waals surface area contributed by atoms with Gasteiger partial charge in [0.25, 0.3) is 0 Å². The van der Waals surface area contributed by atoms with Gasteiger partial charge in [-0.3, -0.25) is 4.79 Å². The summed E-state index contributed by atoms with van der Waals surface area (Å²) >= 11 is 1.75. The zero-order chi connectivity index (χ0) is 24.9. The van der Waals surface area contributed by atoms with Gasteiger partial charge in [0, 0.05) is 35.4 Å². The predicted molar refractivity (Wildman–Crippen MR) is 142 cm³/mol. The molecule has 2 aromatic rings. The molecular formula is C28H38N2O4S. The van der Waals surface area contributed by atoms with E-state index in [1.165, 1.54) is 5.56 Å². The molecule has 2 aliphatic rings. The van der Waals surface area contributed by atoms with Gasteiger partial charge in [-0.25, -0.2) is 0 Å². The van der Waals surface area contributed by atoms with E-state index in [-0.39, 0.29) is 11.7 Å². The molecule has 35 heavy (non-hydrogen) atoms. The highest BCUT2D eigenvalue weighted by Crippen LogP contribution is 2.39. The van der Waals surface area contributed by atoms with Crippen LogP contribution < -0.4 is 15.4 Å². The number of benzene rings is 2. The van der Waals surface area contributed by atoms with Gasteiger partial charge in [0.1, 0.15) is 5.75 Å². The number of hydrogen-bond donors (Lipinski definition) is 2. The Morgan fingerprint density at radius 2 is 1.74 bits per heavy atom. The molecule has 2 fully saturated rings. The second-order valence-corrected chi connectivity index (χ2v) is 11.5. The summed E-state index contributed by atoms with van der Waals surface area (Å²) in [6, 6.07) is 14.4. The van der Waals surface area contributed by atoms with E-state index in [0.29, 0.717) is 19.1 Å². The van der Waals surface area contributed by atoms with Gasteiger partial charge in [-0.2, -0.15) is 0 Å². The summed E-state index contributed by atoms with van der Waals surface area (Å²) in [6.07, 6.45) is 4.06. The summed E-state index contributed by atoms with van der Waals surface area (Å²) in [5.74, 6) is 1.94. The quantitative estimate of drug-likeness (QED) is 0.415. The van der Waals surface area contributed by atoms with Crippen LogP contribution in [0.3, 0.4) is 0 Å². The third-order valence-corrected chi connectivity index (χ3v) is 7.81. The molecule has 1 aliphatic carbocycles. The number of methoxy groups -OCH3 is 1. The molecule has 0 radical (unpaired) electrons. The minimum atomic E-state index is -0.470. The fraction of sp³-hybridized carbons (Fsp3) is 0.536. The Morgan fingerprint density at radius 3 is 2.37 bits per heavy atom. The van der Waals surface area contributed by atoms with E-state index in [9.17, 15) is 4.79 Å². The van der Waals surface area contributed by atoms with Crippen LogP contribution in [0.1, 0.15) is 52.0 Å². The maximum Gasteiger partial charge on any atom is 0.229 e. The first-order valence-electron chi connectivity index (χ1n) is 12.5. The first kappa shape index (κ1) is 25.9. The van der Waals surface area contributed by atoms with Gasteiger partial charge in [0.15, 0.2) is 5.79 Å². The average Bonchev–Trinajstić information content (AvgIpc) is 3.31. The zero-order valence-electron chi connectivity index (χ0n) is 21.3. The summed E-state index contributed by atoms with van der Waals surface area (Å²) in [6.45, 7) is 8.09. The van der Waals surface area contributed by atoms with Crippen molar-refractivity contribution >= 4 is 29.0 Å². The Kier molecular flexibility index (Phi) is 8.30. The molecule has 0 atom stereocenters. The molecule has 0 bridgehead atoms. The van der Waals surface area contributed by atoms with E-state index in [1.807, 2.05) is 32.9 Å². The molecular weight excluding hydrogens is 460 g/mol.